The van der Waals surface area contributed by atoms with Crippen LogP contribution in [0.3, 0.4) is 0 Å². The maximum atomic E-state index is 10.3. The van der Waals surface area contributed by atoms with E-state index in [-0.39, 0.29) is 17.5 Å². The second-order valence-electron chi connectivity index (χ2n) is 2.90. The van der Waals surface area contributed by atoms with E-state index in [0.717, 1.165) is 0 Å². The van der Waals surface area contributed by atoms with Crippen molar-refractivity contribution in [2.75, 3.05) is 11.2 Å². The quantitative estimate of drug-likeness (QED) is 0.317. The lowest BCUT2D eigenvalue weighted by Crippen LogP contribution is -2.36. The van der Waals surface area contributed by atoms with Gasteiger partial charge in [-0.05, 0) is 10.3 Å². The number of nitrogens with one attached hydrogen (secondary N) is 2. The van der Waals surface area contributed by atoms with E-state index in [4.69, 9.17) is 5.73 Å². The Hall–Kier alpha value is -3.52. The van der Waals surface area contributed by atoms with Crippen LogP contribution in [0.5, 0.6) is 0 Å². The molecule has 0 spiro atoms. The van der Waals surface area contributed by atoms with Gasteiger partial charge in [-0.1, -0.05) is 10.5 Å². The van der Waals surface area contributed by atoms with Crippen molar-refractivity contribution in [2.45, 2.75) is 0 Å². The third-order valence-electron chi connectivity index (χ3n) is 1.78. The molecular weight excluding hydrogens is 268 g/mol. The Morgan fingerprint density at radius 1 is 1.42 bits per heavy atom. The van der Waals surface area contributed by atoms with Crippen LogP contribution in [0.2, 0.25) is 0 Å². The van der Waals surface area contributed by atoms with Gasteiger partial charge in [0.2, 0.25) is 5.69 Å². The molecule has 0 aliphatic carbocycles. The first-order valence-electron chi connectivity index (χ1n) is 4.35. The summed E-state index contributed by atoms with van der Waals surface area (Å²) in [6.07, 6.45) is 0. The zero-order valence-corrected chi connectivity index (χ0v) is 8.75. The van der Waals surface area contributed by atoms with Crippen molar-refractivity contribution >= 4 is 11.8 Å². The van der Waals surface area contributed by atoms with E-state index in [2.05, 4.69) is 30.7 Å². The molecule has 19 heavy (non-hydrogen) atoms. The third-order valence-corrected chi connectivity index (χ3v) is 1.78. The molecule has 0 amide bonds. The molecule has 2 heterocycles. The zero-order chi connectivity index (χ0) is 14.0. The molecule has 0 unspecified atom stereocenters. The van der Waals surface area contributed by atoms with Crippen molar-refractivity contribution in [2.24, 2.45) is 0 Å². The van der Waals surface area contributed by atoms with Gasteiger partial charge in [0.1, 0.15) is 5.10 Å². The Balaban J connectivity index is 2.44. The highest BCUT2D eigenvalue weighted by molar-refractivity contribution is 5.61. The Kier molecular flexibility index (Phi) is 2.76. The highest BCUT2D eigenvalue weighted by atomic mass is 16.7. The molecule has 4 N–H and O–H groups in total. The summed E-state index contributed by atoms with van der Waals surface area (Å²) in [7, 11) is 0. The highest BCUT2D eigenvalue weighted by Gasteiger charge is 2.28. The summed E-state index contributed by atoms with van der Waals surface area (Å²) in [4.78, 5) is 20.7. The van der Waals surface area contributed by atoms with Crippen molar-refractivity contribution < 1.29 is 19.4 Å². The Bertz CT molecular complexity index is 630. The number of hydrazine groups is 1. The van der Waals surface area contributed by atoms with Crippen LogP contribution in [0.1, 0.15) is 0 Å². The minimum absolute atomic E-state index is 0.222. The number of anilines is 2. The van der Waals surface area contributed by atoms with Crippen LogP contribution in [0.15, 0.2) is 4.63 Å². The van der Waals surface area contributed by atoms with E-state index in [1.165, 1.54) is 0 Å². The molecule has 0 aliphatic rings. The molecule has 0 fully saturated rings. The molecule has 15 heteroatoms. The second-order valence-corrected chi connectivity index (χ2v) is 2.90. The summed E-state index contributed by atoms with van der Waals surface area (Å²) in [5, 5.41) is 31.0. The molecular formula is C4H4N10O5. The number of nitrogens with two attached hydrogens (primary N) is 1. The fourth-order valence-electron chi connectivity index (χ4n) is 1.14. The fourth-order valence-corrected chi connectivity index (χ4v) is 1.14. The van der Waals surface area contributed by atoms with Crippen LogP contribution >= 0.6 is 0 Å². The Morgan fingerprint density at radius 3 is 2.79 bits per heavy atom. The number of hydrogen-bond acceptors (Lipinski definition) is 9. The maximum Gasteiger partial charge on any atom is 0.459 e. The van der Waals surface area contributed by atoms with Gasteiger partial charge in [-0.15, -0.1) is 0 Å². The maximum absolute atomic E-state index is 10.3. The topological polar surface area (TPSA) is 210 Å². The summed E-state index contributed by atoms with van der Waals surface area (Å²) >= 11 is 0. The van der Waals surface area contributed by atoms with E-state index in [9.17, 15) is 20.2 Å². The molecule has 100 valence electrons. The number of aromatic amines is 1. The van der Waals surface area contributed by atoms with Crippen molar-refractivity contribution in [1.82, 2.24) is 20.5 Å². The molecule has 15 nitrogen and oxygen atoms in total. The number of nitrogens with zero attached hydrogens (tertiary/aromatic N) is 7. The van der Waals surface area contributed by atoms with Crippen molar-refractivity contribution in [3.8, 4) is 11.5 Å². The second kappa shape index (κ2) is 4.39. The van der Waals surface area contributed by atoms with Gasteiger partial charge < -0.3 is 15.6 Å². The number of H-pyrrole nitrogens is 1. The summed E-state index contributed by atoms with van der Waals surface area (Å²) in [5.74, 6) is -0.984. The molecule has 0 aliphatic heterocycles. The number of nitro groups is 2. The van der Waals surface area contributed by atoms with Gasteiger partial charge in [-0.3, -0.25) is 5.73 Å². The molecule has 2 aromatic heterocycles. The van der Waals surface area contributed by atoms with Gasteiger partial charge >= 0.3 is 11.8 Å². The largest absolute Gasteiger partial charge is 0.459 e. The fraction of sp³-hybridized carbons (Fsp3) is 0. The first kappa shape index (κ1) is 12.0. The average Bonchev–Trinajstić information content (AvgIpc) is 2.86. The minimum Gasteiger partial charge on any atom is -0.395 e. The monoisotopic (exact) mass is 272 g/mol. The Labute approximate surface area is 101 Å². The molecule has 0 atom stereocenters. The van der Waals surface area contributed by atoms with Crippen LogP contribution in [0, 0.1) is 20.2 Å². The third kappa shape index (κ3) is 2.28. The van der Waals surface area contributed by atoms with Crippen molar-refractivity contribution in [3.05, 3.63) is 25.8 Å². The van der Waals surface area contributed by atoms with E-state index in [1.807, 2.05) is 0 Å². The van der Waals surface area contributed by atoms with Crippen LogP contribution in [0.4, 0.5) is 11.8 Å². The van der Waals surface area contributed by atoms with E-state index < -0.39 is 15.9 Å². The molecule has 2 aromatic rings. The molecule has 0 saturated carbocycles. The molecule has 2 rings (SSSR count). The minimum atomic E-state index is -1.04. The molecule has 0 saturated heterocycles. The van der Waals surface area contributed by atoms with Gasteiger partial charge in [0, 0.05) is 0 Å². The number of nitrogen functional groups attached to an aromatic ring is 1. The smallest absolute Gasteiger partial charge is 0.395 e. The van der Waals surface area contributed by atoms with Gasteiger partial charge in [-0.2, -0.15) is 5.03 Å². The average molecular weight is 272 g/mol. The zero-order valence-electron chi connectivity index (χ0n) is 8.75. The molecule has 0 bridgehead atoms. The number of rotatable bonds is 5. The predicted molar refractivity (Wildman–Crippen MR) is 52.9 cm³/mol. The summed E-state index contributed by atoms with van der Waals surface area (Å²) < 4.78 is 4.86. The van der Waals surface area contributed by atoms with E-state index >= 15 is 0 Å². The van der Waals surface area contributed by atoms with E-state index in [1.54, 1.807) is 5.43 Å². The lowest BCUT2D eigenvalue weighted by atomic mass is 10.4. The molecule has 0 aromatic carbocycles. The van der Waals surface area contributed by atoms with Crippen LogP contribution in [-0.4, -0.2) is 30.6 Å². The normalized spacial score (nSPS) is 10.1. The van der Waals surface area contributed by atoms with Gasteiger partial charge in [0.05, 0.1) is 0 Å². The first-order valence-corrected chi connectivity index (χ1v) is 4.35. The van der Waals surface area contributed by atoms with Gasteiger partial charge in [0.15, 0.2) is 5.03 Å². The predicted octanol–water partition coefficient (Wildman–Crippen LogP) is -1.74. The van der Waals surface area contributed by atoms with E-state index in [0.29, 0.717) is 4.68 Å². The lowest BCUT2D eigenvalue weighted by molar-refractivity contribution is -0.720. The Morgan fingerprint density at radius 2 is 2.16 bits per heavy atom. The summed E-state index contributed by atoms with van der Waals surface area (Å²) in [5.41, 5.74) is 9.67. The van der Waals surface area contributed by atoms with Gasteiger partial charge in [-0.25, -0.2) is 19.4 Å². The number of hydrogen-bond donors (Lipinski definition) is 3. The molecule has 0 radical (unpaired) electrons. The first-order chi connectivity index (χ1) is 8.99. The van der Waals surface area contributed by atoms with Crippen LogP contribution in [0.25, 0.3) is 17.1 Å². The SMILES string of the molecule is Nc1n[nH]c(-c2nonc2N[N+](=O)[O-])[n+]1[N-][N+](=O)[O-]. The summed E-state index contributed by atoms with van der Waals surface area (Å²) in [6.45, 7) is 0. The van der Waals surface area contributed by atoms with Gasteiger partial charge in [0.25, 0.3) is 5.82 Å². The van der Waals surface area contributed by atoms with Crippen molar-refractivity contribution in [3.63, 3.8) is 0 Å². The lowest BCUT2D eigenvalue weighted by Gasteiger charge is -2.13. The van der Waals surface area contributed by atoms with Crippen molar-refractivity contribution in [1.29, 1.82) is 0 Å². The summed E-state index contributed by atoms with van der Waals surface area (Å²) in [6, 6.07) is 0. The highest BCUT2D eigenvalue weighted by Crippen LogP contribution is 2.20. The van der Waals surface area contributed by atoms with Crippen LogP contribution in [-0.2, 0) is 0 Å². The standard InChI is InChI=1S/C4H4N10O5/c5-4-7-6-3(12(4)11-14(17)18)1-2(8-13(15)16)10-19-9-1/h6H,(H2,5,7)(H,8,10). The number of aromatic nitrogens is 5. The van der Waals surface area contributed by atoms with Crippen LogP contribution < -0.4 is 15.8 Å².